The molecule has 1 aliphatic rings. The zero-order chi connectivity index (χ0) is 26.2. The van der Waals surface area contributed by atoms with Crippen LogP contribution in [-0.4, -0.2) is 48.7 Å². The van der Waals surface area contributed by atoms with Gasteiger partial charge in [0.1, 0.15) is 17.0 Å². The molecule has 0 saturated heterocycles. The number of hydrogen-bond donors (Lipinski definition) is 4. The Hall–Kier alpha value is -3.87. The van der Waals surface area contributed by atoms with Gasteiger partial charge in [0.25, 0.3) is 5.91 Å². The van der Waals surface area contributed by atoms with Crippen LogP contribution in [0.2, 0.25) is 0 Å². The second-order valence-electron chi connectivity index (χ2n) is 8.46. The van der Waals surface area contributed by atoms with E-state index in [9.17, 15) is 22.8 Å². The predicted octanol–water partition coefficient (Wildman–Crippen LogP) is 2.98. The minimum atomic E-state index is -4.64. The summed E-state index contributed by atoms with van der Waals surface area (Å²) in [4.78, 5) is 32.4. The Labute approximate surface area is 203 Å². The Morgan fingerprint density at radius 2 is 2.00 bits per heavy atom. The van der Waals surface area contributed by atoms with Gasteiger partial charge in [-0.3, -0.25) is 4.79 Å². The zero-order valence-corrected chi connectivity index (χ0v) is 19.7. The number of aromatic nitrogens is 2. The van der Waals surface area contributed by atoms with Crippen molar-refractivity contribution in [3.63, 3.8) is 0 Å². The maximum Gasteiger partial charge on any atom is 0.433 e. The van der Waals surface area contributed by atoms with Crippen molar-refractivity contribution in [3.8, 4) is 17.2 Å². The van der Waals surface area contributed by atoms with Crippen molar-refractivity contribution in [2.75, 3.05) is 20.7 Å². The van der Waals surface area contributed by atoms with Crippen LogP contribution in [0.5, 0.6) is 5.75 Å². The van der Waals surface area contributed by atoms with Crippen molar-refractivity contribution in [3.05, 3.63) is 41.4 Å². The highest BCUT2D eigenvalue weighted by Crippen LogP contribution is 2.37. The quantitative estimate of drug-likeness (QED) is 0.386. The van der Waals surface area contributed by atoms with Crippen LogP contribution in [-0.2, 0) is 6.18 Å². The molecule has 3 amide bonds. The Morgan fingerprint density at radius 3 is 2.64 bits per heavy atom. The topological polar surface area (TPSA) is 144 Å². The predicted molar refractivity (Wildman–Crippen MR) is 123 cm³/mol. The number of halogens is 3. The molecule has 0 radical (unpaired) electrons. The Morgan fingerprint density at radius 1 is 1.25 bits per heavy atom. The summed E-state index contributed by atoms with van der Waals surface area (Å²) < 4.78 is 50.7. The van der Waals surface area contributed by atoms with Crippen molar-refractivity contribution < 1.29 is 31.9 Å². The highest BCUT2D eigenvalue weighted by Gasteiger charge is 2.39. The number of nitrogens with two attached hydrogens (primary N) is 1. The van der Waals surface area contributed by atoms with Gasteiger partial charge in [-0.1, -0.05) is 0 Å². The first-order chi connectivity index (χ1) is 17.0. The van der Waals surface area contributed by atoms with Crippen LogP contribution in [0.3, 0.4) is 0 Å². The van der Waals surface area contributed by atoms with Gasteiger partial charge >= 0.3 is 12.2 Å². The van der Waals surface area contributed by atoms with Crippen molar-refractivity contribution in [2.24, 2.45) is 11.7 Å². The smallest absolute Gasteiger partial charge is 0.433 e. The number of oxazole rings is 1. The molecule has 2 heterocycles. The van der Waals surface area contributed by atoms with Crippen LogP contribution in [0.15, 0.2) is 28.7 Å². The minimum absolute atomic E-state index is 0.00671. The van der Waals surface area contributed by atoms with E-state index in [4.69, 9.17) is 14.9 Å². The third-order valence-corrected chi connectivity index (χ3v) is 5.83. The SMILES string of the molecule is CNC(=O)N[C@@H]1C[C@H]1CNC(=O)c1nc(-c2ccc(OC)c3nc(C(F)(F)F)ccc23)oc1[C@H](C)N. The maximum absolute atomic E-state index is 13.2. The number of rotatable bonds is 7. The molecule has 1 aliphatic carbocycles. The van der Waals surface area contributed by atoms with Gasteiger partial charge in [0.2, 0.25) is 5.89 Å². The summed E-state index contributed by atoms with van der Waals surface area (Å²) in [5.41, 5.74) is 5.20. The number of hydrogen-bond acceptors (Lipinski definition) is 7. The van der Waals surface area contributed by atoms with Gasteiger partial charge in [0, 0.05) is 30.6 Å². The van der Waals surface area contributed by atoms with Gasteiger partial charge in [-0.15, -0.1) is 0 Å². The van der Waals surface area contributed by atoms with Gasteiger partial charge in [-0.2, -0.15) is 13.2 Å². The molecule has 1 aromatic carbocycles. The molecular formula is C23H25F3N6O4. The molecule has 0 bridgehead atoms. The average molecular weight is 506 g/mol. The third-order valence-electron chi connectivity index (χ3n) is 5.83. The highest BCUT2D eigenvalue weighted by atomic mass is 19.4. The number of urea groups is 1. The van der Waals surface area contributed by atoms with Gasteiger partial charge in [0.15, 0.2) is 11.5 Å². The van der Waals surface area contributed by atoms with E-state index in [1.165, 1.54) is 26.3 Å². The lowest BCUT2D eigenvalue weighted by atomic mass is 10.1. The molecule has 36 heavy (non-hydrogen) atoms. The standard InChI is InChI=1S/C23H25F3N6O4/c1-10(27)19-18(20(33)29-9-11-8-14(11)30-22(34)28-2)32-21(36-19)13-4-6-15(35-3)17-12(13)5-7-16(31-17)23(24,25)26/h4-7,10-11,14H,8-9,27H2,1-3H3,(H,29,33)(H2,28,30,34)/t10-,11-,14+/m0/s1. The van der Waals surface area contributed by atoms with Crippen LogP contribution in [0, 0.1) is 5.92 Å². The number of pyridine rings is 1. The van der Waals surface area contributed by atoms with E-state index in [0.29, 0.717) is 17.5 Å². The lowest BCUT2D eigenvalue weighted by molar-refractivity contribution is -0.140. The number of fused-ring (bicyclic) bond motifs is 1. The maximum atomic E-state index is 13.2. The van der Waals surface area contributed by atoms with Crippen molar-refractivity contribution in [1.29, 1.82) is 0 Å². The fourth-order valence-corrected chi connectivity index (χ4v) is 3.82. The number of amides is 3. The minimum Gasteiger partial charge on any atom is -0.494 e. The summed E-state index contributed by atoms with van der Waals surface area (Å²) in [7, 11) is 2.84. The summed E-state index contributed by atoms with van der Waals surface area (Å²) in [6.45, 7) is 1.93. The van der Waals surface area contributed by atoms with Crippen molar-refractivity contribution in [2.45, 2.75) is 31.6 Å². The number of carbonyl (C=O) groups excluding carboxylic acids is 2. The average Bonchev–Trinajstić information content (AvgIpc) is 3.41. The Kier molecular flexibility index (Phi) is 6.76. The Balaban J connectivity index is 1.63. The number of nitrogens with one attached hydrogen (secondary N) is 3. The fourth-order valence-electron chi connectivity index (χ4n) is 3.82. The van der Waals surface area contributed by atoms with Crippen LogP contribution in [0.25, 0.3) is 22.4 Å². The van der Waals surface area contributed by atoms with Crippen molar-refractivity contribution in [1.82, 2.24) is 25.9 Å². The van der Waals surface area contributed by atoms with E-state index in [1.807, 2.05) is 0 Å². The molecule has 0 aliphatic heterocycles. The normalized spacial score (nSPS) is 18.0. The molecule has 13 heteroatoms. The largest absolute Gasteiger partial charge is 0.494 e. The number of nitrogens with zero attached hydrogens (tertiary/aromatic N) is 2. The van der Waals surface area contributed by atoms with E-state index in [-0.39, 0.29) is 46.6 Å². The second-order valence-corrected chi connectivity index (χ2v) is 8.46. The zero-order valence-electron chi connectivity index (χ0n) is 19.7. The molecule has 4 rings (SSSR count). The first-order valence-corrected chi connectivity index (χ1v) is 11.1. The van der Waals surface area contributed by atoms with Crippen LogP contribution < -0.4 is 26.4 Å². The van der Waals surface area contributed by atoms with Crippen molar-refractivity contribution >= 4 is 22.8 Å². The fraction of sp³-hybridized carbons (Fsp3) is 0.391. The number of ether oxygens (including phenoxy) is 1. The molecular weight excluding hydrogens is 481 g/mol. The van der Waals surface area contributed by atoms with Gasteiger partial charge in [0.05, 0.1) is 13.2 Å². The van der Waals surface area contributed by atoms with Crippen LogP contribution >= 0.6 is 0 Å². The number of alkyl halides is 3. The number of benzene rings is 1. The van der Waals surface area contributed by atoms with Gasteiger partial charge < -0.3 is 30.8 Å². The van der Waals surface area contributed by atoms with E-state index >= 15 is 0 Å². The highest BCUT2D eigenvalue weighted by molar-refractivity contribution is 5.98. The van der Waals surface area contributed by atoms with Crippen LogP contribution in [0.4, 0.5) is 18.0 Å². The Bertz CT molecular complexity index is 1310. The van der Waals surface area contributed by atoms with E-state index in [1.54, 1.807) is 13.0 Å². The molecule has 10 nitrogen and oxygen atoms in total. The molecule has 1 saturated carbocycles. The molecule has 3 aromatic rings. The summed E-state index contributed by atoms with van der Waals surface area (Å²) in [5.74, 6) is -0.162. The molecule has 0 unspecified atom stereocenters. The van der Waals surface area contributed by atoms with E-state index in [2.05, 4.69) is 25.9 Å². The van der Waals surface area contributed by atoms with E-state index in [0.717, 1.165) is 12.5 Å². The molecule has 0 spiro atoms. The van der Waals surface area contributed by atoms with Gasteiger partial charge in [-0.05, 0) is 43.5 Å². The number of carbonyl (C=O) groups is 2. The number of methoxy groups -OCH3 is 1. The lowest BCUT2D eigenvalue weighted by Gasteiger charge is -2.11. The van der Waals surface area contributed by atoms with Gasteiger partial charge in [-0.25, -0.2) is 14.8 Å². The summed E-state index contributed by atoms with van der Waals surface area (Å²) >= 11 is 0. The van der Waals surface area contributed by atoms with E-state index < -0.39 is 23.8 Å². The lowest BCUT2D eigenvalue weighted by Crippen LogP contribution is -2.36. The third kappa shape index (κ3) is 5.05. The monoisotopic (exact) mass is 506 g/mol. The summed E-state index contributed by atoms with van der Waals surface area (Å²) in [5, 5.41) is 8.32. The summed E-state index contributed by atoms with van der Waals surface area (Å²) in [6, 6.07) is 4.11. The first kappa shape index (κ1) is 25.2. The summed E-state index contributed by atoms with van der Waals surface area (Å²) in [6.07, 6.45) is -3.91. The molecule has 192 valence electrons. The molecule has 5 N–H and O–H groups in total. The van der Waals surface area contributed by atoms with Crippen LogP contribution in [0.1, 0.15) is 41.3 Å². The molecule has 3 atom stereocenters. The molecule has 1 fully saturated rings. The second kappa shape index (κ2) is 9.64. The molecule has 2 aromatic heterocycles. The first-order valence-electron chi connectivity index (χ1n) is 11.1.